The lowest BCUT2D eigenvalue weighted by Gasteiger charge is -2.13. The lowest BCUT2D eigenvalue weighted by atomic mass is 10.00. The molecule has 1 atom stereocenters. The predicted molar refractivity (Wildman–Crippen MR) is 65.4 cm³/mol. The van der Waals surface area contributed by atoms with E-state index in [4.69, 9.17) is 10.5 Å². The van der Waals surface area contributed by atoms with Gasteiger partial charge in [0.25, 0.3) is 0 Å². The van der Waals surface area contributed by atoms with Crippen molar-refractivity contribution in [1.29, 1.82) is 0 Å². The first-order valence-corrected chi connectivity index (χ1v) is 5.35. The Morgan fingerprint density at radius 1 is 0.941 bits per heavy atom. The van der Waals surface area contributed by atoms with E-state index in [-0.39, 0.29) is 11.9 Å². The summed E-state index contributed by atoms with van der Waals surface area (Å²) in [6.45, 7) is 0. The first-order valence-electron chi connectivity index (χ1n) is 5.35. The molecule has 0 aliphatic carbocycles. The zero-order valence-electron chi connectivity index (χ0n) is 9.56. The van der Waals surface area contributed by atoms with E-state index in [1.807, 2.05) is 24.3 Å². The van der Waals surface area contributed by atoms with Crippen LogP contribution in [0.1, 0.15) is 17.2 Å². The fraction of sp³-hybridized carbons (Fsp3) is 0.143. The molecule has 2 rings (SSSR count). The van der Waals surface area contributed by atoms with Crippen molar-refractivity contribution in [3.8, 4) is 5.75 Å². The zero-order valence-corrected chi connectivity index (χ0v) is 9.56. The van der Waals surface area contributed by atoms with E-state index in [9.17, 15) is 4.39 Å². The standard InChI is InChI=1S/C14H14FNO/c1-17-13-8-4-11(5-9-13)14(16)10-2-6-12(15)7-3-10/h2-9,14H,16H2,1H3. The number of methoxy groups -OCH3 is 1. The van der Waals surface area contributed by atoms with Crippen molar-refractivity contribution in [2.75, 3.05) is 7.11 Å². The largest absolute Gasteiger partial charge is 0.497 e. The summed E-state index contributed by atoms with van der Waals surface area (Å²) < 4.78 is 17.9. The lowest BCUT2D eigenvalue weighted by molar-refractivity contribution is 0.414. The van der Waals surface area contributed by atoms with E-state index in [0.29, 0.717) is 0 Å². The number of nitrogens with two attached hydrogens (primary N) is 1. The third kappa shape index (κ3) is 2.63. The summed E-state index contributed by atoms with van der Waals surface area (Å²) in [4.78, 5) is 0. The molecule has 0 bridgehead atoms. The van der Waals surface area contributed by atoms with Crippen LogP contribution in [0.3, 0.4) is 0 Å². The smallest absolute Gasteiger partial charge is 0.123 e. The molecule has 0 amide bonds. The minimum Gasteiger partial charge on any atom is -0.497 e. The molecule has 0 heterocycles. The molecule has 0 aromatic heterocycles. The molecule has 3 heteroatoms. The average molecular weight is 231 g/mol. The van der Waals surface area contributed by atoms with Gasteiger partial charge in [0, 0.05) is 0 Å². The highest BCUT2D eigenvalue weighted by Gasteiger charge is 2.08. The summed E-state index contributed by atoms with van der Waals surface area (Å²) in [5, 5.41) is 0. The van der Waals surface area contributed by atoms with E-state index in [1.165, 1.54) is 12.1 Å². The van der Waals surface area contributed by atoms with Crippen molar-refractivity contribution >= 4 is 0 Å². The van der Waals surface area contributed by atoms with Crippen molar-refractivity contribution in [3.05, 3.63) is 65.5 Å². The van der Waals surface area contributed by atoms with Crippen LogP contribution in [0.5, 0.6) is 5.75 Å². The number of hydrogen-bond acceptors (Lipinski definition) is 2. The van der Waals surface area contributed by atoms with Gasteiger partial charge in [-0.3, -0.25) is 0 Å². The van der Waals surface area contributed by atoms with E-state index in [0.717, 1.165) is 16.9 Å². The fourth-order valence-corrected chi connectivity index (χ4v) is 1.67. The molecule has 0 fully saturated rings. The maximum atomic E-state index is 12.8. The van der Waals surface area contributed by atoms with Crippen LogP contribution < -0.4 is 10.5 Å². The number of hydrogen-bond donors (Lipinski definition) is 1. The average Bonchev–Trinajstić information content (AvgIpc) is 2.39. The number of benzene rings is 2. The van der Waals surface area contributed by atoms with Crippen LogP contribution >= 0.6 is 0 Å². The van der Waals surface area contributed by atoms with Gasteiger partial charge in [-0.05, 0) is 35.4 Å². The van der Waals surface area contributed by atoms with Gasteiger partial charge in [-0.2, -0.15) is 0 Å². The Labute approximate surface area is 99.8 Å². The lowest BCUT2D eigenvalue weighted by Crippen LogP contribution is -2.11. The van der Waals surface area contributed by atoms with E-state index < -0.39 is 0 Å². The number of halogens is 1. The Morgan fingerprint density at radius 2 is 1.41 bits per heavy atom. The highest BCUT2D eigenvalue weighted by atomic mass is 19.1. The molecule has 0 radical (unpaired) electrons. The number of rotatable bonds is 3. The van der Waals surface area contributed by atoms with Crippen LogP contribution in [-0.2, 0) is 0 Å². The van der Waals surface area contributed by atoms with Gasteiger partial charge in [-0.1, -0.05) is 24.3 Å². The molecule has 17 heavy (non-hydrogen) atoms. The molecule has 0 spiro atoms. The quantitative estimate of drug-likeness (QED) is 0.881. The summed E-state index contributed by atoms with van der Waals surface area (Å²) in [5.74, 6) is 0.538. The minimum absolute atomic E-state index is 0.249. The van der Waals surface area contributed by atoms with E-state index in [2.05, 4.69) is 0 Å². The SMILES string of the molecule is COc1ccc(C(N)c2ccc(F)cc2)cc1. The van der Waals surface area contributed by atoms with Crippen molar-refractivity contribution in [1.82, 2.24) is 0 Å². The first kappa shape index (κ1) is 11.6. The Balaban J connectivity index is 2.23. The Bertz CT molecular complexity index is 479. The third-order valence-electron chi connectivity index (χ3n) is 2.70. The van der Waals surface area contributed by atoms with Gasteiger partial charge in [0.15, 0.2) is 0 Å². The third-order valence-corrected chi connectivity index (χ3v) is 2.70. The van der Waals surface area contributed by atoms with Gasteiger partial charge < -0.3 is 10.5 Å². The van der Waals surface area contributed by atoms with Crippen LogP contribution in [0.4, 0.5) is 4.39 Å². The molecule has 0 saturated carbocycles. The van der Waals surface area contributed by atoms with Crippen LogP contribution in [0, 0.1) is 5.82 Å². The molecule has 1 unspecified atom stereocenters. The van der Waals surface area contributed by atoms with Gasteiger partial charge in [-0.15, -0.1) is 0 Å². The summed E-state index contributed by atoms with van der Waals surface area (Å²) >= 11 is 0. The zero-order chi connectivity index (χ0) is 12.3. The monoisotopic (exact) mass is 231 g/mol. The molecule has 88 valence electrons. The second kappa shape index (κ2) is 4.97. The summed E-state index contributed by atoms with van der Waals surface area (Å²) in [6, 6.07) is 13.5. The van der Waals surface area contributed by atoms with E-state index >= 15 is 0 Å². The van der Waals surface area contributed by atoms with Crippen molar-refractivity contribution in [3.63, 3.8) is 0 Å². The second-order valence-electron chi connectivity index (χ2n) is 3.80. The molecule has 2 N–H and O–H groups in total. The normalized spacial score (nSPS) is 12.2. The molecular weight excluding hydrogens is 217 g/mol. The van der Waals surface area contributed by atoms with Crippen LogP contribution in [0.25, 0.3) is 0 Å². The first-order chi connectivity index (χ1) is 8.20. The predicted octanol–water partition coefficient (Wildman–Crippen LogP) is 2.88. The highest BCUT2D eigenvalue weighted by Crippen LogP contribution is 2.22. The van der Waals surface area contributed by atoms with Gasteiger partial charge in [0.1, 0.15) is 11.6 Å². The topological polar surface area (TPSA) is 35.2 Å². The van der Waals surface area contributed by atoms with Crippen LogP contribution in [-0.4, -0.2) is 7.11 Å². The van der Waals surface area contributed by atoms with Gasteiger partial charge in [0.2, 0.25) is 0 Å². The van der Waals surface area contributed by atoms with Gasteiger partial charge >= 0.3 is 0 Å². The Kier molecular flexibility index (Phi) is 3.40. The van der Waals surface area contributed by atoms with E-state index in [1.54, 1.807) is 19.2 Å². The Hall–Kier alpha value is -1.87. The second-order valence-corrected chi connectivity index (χ2v) is 3.80. The Morgan fingerprint density at radius 3 is 1.88 bits per heavy atom. The maximum absolute atomic E-state index is 12.8. The van der Waals surface area contributed by atoms with Crippen molar-refractivity contribution in [2.24, 2.45) is 5.73 Å². The van der Waals surface area contributed by atoms with Gasteiger partial charge in [0.05, 0.1) is 13.2 Å². The molecule has 2 aromatic rings. The molecule has 0 aliphatic heterocycles. The van der Waals surface area contributed by atoms with Gasteiger partial charge in [-0.25, -0.2) is 4.39 Å². The summed E-state index contributed by atoms with van der Waals surface area (Å²) in [6.07, 6.45) is 0. The maximum Gasteiger partial charge on any atom is 0.123 e. The molecular formula is C14H14FNO. The van der Waals surface area contributed by atoms with Crippen LogP contribution in [0.15, 0.2) is 48.5 Å². The summed E-state index contributed by atoms with van der Waals surface area (Å²) in [7, 11) is 1.62. The summed E-state index contributed by atoms with van der Waals surface area (Å²) in [5.41, 5.74) is 7.95. The van der Waals surface area contributed by atoms with Crippen molar-refractivity contribution in [2.45, 2.75) is 6.04 Å². The van der Waals surface area contributed by atoms with Crippen molar-refractivity contribution < 1.29 is 9.13 Å². The minimum atomic E-state index is -0.254. The molecule has 0 saturated heterocycles. The fourth-order valence-electron chi connectivity index (χ4n) is 1.67. The number of ether oxygens (including phenoxy) is 1. The van der Waals surface area contributed by atoms with Crippen LogP contribution in [0.2, 0.25) is 0 Å². The molecule has 0 aliphatic rings. The highest BCUT2D eigenvalue weighted by molar-refractivity contribution is 5.35. The molecule has 2 nitrogen and oxygen atoms in total. The molecule has 2 aromatic carbocycles.